The summed E-state index contributed by atoms with van der Waals surface area (Å²) in [7, 11) is 0. The number of carbonyl (C=O) groups excluding carboxylic acids is 1. The third kappa shape index (κ3) is 2.75. The third-order valence-corrected chi connectivity index (χ3v) is 4.03. The zero-order valence-electron chi connectivity index (χ0n) is 12.9. The van der Waals surface area contributed by atoms with E-state index in [-0.39, 0.29) is 11.3 Å². The quantitative estimate of drug-likeness (QED) is 0.576. The van der Waals surface area contributed by atoms with Crippen LogP contribution in [0.5, 0.6) is 0 Å². The Hall–Kier alpha value is -3.10. The van der Waals surface area contributed by atoms with Crippen LogP contribution in [0.25, 0.3) is 11.1 Å². The molecular weight excluding hydrogens is 318 g/mol. The molecule has 0 radical (unpaired) electrons. The van der Waals surface area contributed by atoms with Crippen LogP contribution in [-0.2, 0) is 0 Å². The number of aromatic amines is 1. The van der Waals surface area contributed by atoms with E-state index in [1.54, 1.807) is 37.5 Å². The minimum Gasteiger partial charge on any atom is -0.348 e. The van der Waals surface area contributed by atoms with Gasteiger partial charge in [0.15, 0.2) is 5.78 Å². The summed E-state index contributed by atoms with van der Waals surface area (Å²) in [6.07, 6.45) is 3.27. The van der Waals surface area contributed by atoms with Gasteiger partial charge in [-0.25, -0.2) is 0 Å². The lowest BCUT2D eigenvalue weighted by molar-refractivity contribution is 0.103. The number of pyridine rings is 2. The molecule has 116 valence electrons. The Balaban J connectivity index is 2.36. The zero-order valence-corrected chi connectivity index (χ0v) is 13.7. The normalized spacial score (nSPS) is 10.2. The van der Waals surface area contributed by atoms with Gasteiger partial charge < -0.3 is 4.98 Å². The number of ketones is 1. The van der Waals surface area contributed by atoms with Crippen molar-refractivity contribution in [1.82, 2.24) is 9.97 Å². The van der Waals surface area contributed by atoms with E-state index in [4.69, 9.17) is 12.2 Å². The molecule has 24 heavy (non-hydrogen) atoms. The van der Waals surface area contributed by atoms with Crippen molar-refractivity contribution in [2.45, 2.75) is 6.92 Å². The van der Waals surface area contributed by atoms with Crippen LogP contribution in [0.2, 0.25) is 0 Å². The summed E-state index contributed by atoms with van der Waals surface area (Å²) < 4.78 is 0.318. The van der Waals surface area contributed by atoms with Crippen LogP contribution in [0.4, 0.5) is 0 Å². The lowest BCUT2D eigenvalue weighted by Gasteiger charge is -2.14. The van der Waals surface area contributed by atoms with E-state index in [1.807, 2.05) is 24.3 Å². The second-order valence-corrected chi connectivity index (χ2v) is 5.66. The van der Waals surface area contributed by atoms with Crippen molar-refractivity contribution < 1.29 is 4.79 Å². The number of aromatic nitrogens is 2. The number of nitrogens with zero attached hydrogens (tertiary/aromatic N) is 2. The first kappa shape index (κ1) is 15.8. The standard InChI is InChI=1S/C19H13N3OS/c1-12-16(18(23)13-6-3-2-4-7-13)17(14-8-5-9-21-11-14)15(10-20)19(24)22-12/h2-9,11H,1H3,(H,22,24). The summed E-state index contributed by atoms with van der Waals surface area (Å²) in [5.74, 6) is -0.158. The zero-order chi connectivity index (χ0) is 17.1. The molecule has 0 aliphatic rings. The van der Waals surface area contributed by atoms with E-state index in [0.717, 1.165) is 0 Å². The molecule has 1 N–H and O–H groups in total. The number of hydrogen-bond acceptors (Lipinski definition) is 4. The molecule has 2 aromatic heterocycles. The Labute approximate surface area is 144 Å². The highest BCUT2D eigenvalue weighted by Gasteiger charge is 2.22. The maximum atomic E-state index is 13.1. The van der Waals surface area contributed by atoms with Crippen LogP contribution in [0.1, 0.15) is 27.2 Å². The van der Waals surface area contributed by atoms with Gasteiger partial charge in [-0.1, -0.05) is 48.6 Å². The molecule has 3 aromatic rings. The van der Waals surface area contributed by atoms with E-state index < -0.39 is 0 Å². The highest BCUT2D eigenvalue weighted by molar-refractivity contribution is 7.71. The molecule has 3 rings (SSSR count). The molecule has 4 nitrogen and oxygen atoms in total. The van der Waals surface area contributed by atoms with Gasteiger partial charge in [0.2, 0.25) is 0 Å². The summed E-state index contributed by atoms with van der Waals surface area (Å²) in [4.78, 5) is 20.1. The second-order valence-electron chi connectivity index (χ2n) is 5.25. The molecule has 0 amide bonds. The van der Waals surface area contributed by atoms with Gasteiger partial charge in [0.1, 0.15) is 10.7 Å². The van der Waals surface area contributed by atoms with Crippen LogP contribution in [0, 0.1) is 22.9 Å². The Kier molecular flexibility index (Phi) is 4.32. The van der Waals surface area contributed by atoms with Crippen molar-refractivity contribution in [1.29, 1.82) is 5.26 Å². The lowest BCUT2D eigenvalue weighted by atomic mass is 9.91. The van der Waals surface area contributed by atoms with Gasteiger partial charge in [-0.15, -0.1) is 0 Å². The van der Waals surface area contributed by atoms with E-state index in [9.17, 15) is 10.1 Å². The lowest BCUT2D eigenvalue weighted by Crippen LogP contribution is -2.10. The molecule has 0 saturated carbocycles. The first-order valence-electron chi connectivity index (χ1n) is 7.30. The van der Waals surface area contributed by atoms with E-state index in [1.165, 1.54) is 0 Å². The van der Waals surface area contributed by atoms with E-state index >= 15 is 0 Å². The second kappa shape index (κ2) is 6.57. The molecule has 0 saturated heterocycles. The minimum atomic E-state index is -0.158. The summed E-state index contributed by atoms with van der Waals surface area (Å²) in [5.41, 5.74) is 3.13. The summed E-state index contributed by atoms with van der Waals surface area (Å²) >= 11 is 5.28. The summed E-state index contributed by atoms with van der Waals surface area (Å²) in [6, 6.07) is 14.7. The molecule has 0 aliphatic carbocycles. The molecule has 0 fully saturated rings. The van der Waals surface area contributed by atoms with Crippen molar-refractivity contribution >= 4 is 18.0 Å². The fourth-order valence-electron chi connectivity index (χ4n) is 2.65. The van der Waals surface area contributed by atoms with Gasteiger partial charge in [-0.2, -0.15) is 5.26 Å². The smallest absolute Gasteiger partial charge is 0.195 e. The molecule has 0 bridgehead atoms. The van der Waals surface area contributed by atoms with Gasteiger partial charge in [-0.05, 0) is 13.0 Å². The number of aryl methyl sites for hydroxylation is 1. The number of H-pyrrole nitrogens is 1. The fourth-order valence-corrected chi connectivity index (χ4v) is 2.95. The largest absolute Gasteiger partial charge is 0.348 e. The van der Waals surface area contributed by atoms with Crippen molar-refractivity contribution in [3.8, 4) is 17.2 Å². The topological polar surface area (TPSA) is 69.5 Å². The van der Waals surface area contributed by atoms with Crippen LogP contribution >= 0.6 is 12.2 Å². The maximum Gasteiger partial charge on any atom is 0.195 e. The van der Waals surface area contributed by atoms with E-state index in [2.05, 4.69) is 16.0 Å². The van der Waals surface area contributed by atoms with Crippen molar-refractivity contribution in [3.63, 3.8) is 0 Å². The summed E-state index contributed by atoms with van der Waals surface area (Å²) in [6.45, 7) is 1.78. The van der Waals surface area contributed by atoms with Gasteiger partial charge in [-0.3, -0.25) is 9.78 Å². The molecule has 1 aromatic carbocycles. The molecular formula is C19H13N3OS. The first-order chi connectivity index (χ1) is 11.6. The number of carbonyl (C=O) groups is 1. The monoisotopic (exact) mass is 331 g/mol. The van der Waals surface area contributed by atoms with E-state index in [0.29, 0.717) is 32.6 Å². The number of nitriles is 1. The van der Waals surface area contributed by atoms with Crippen molar-refractivity contribution in [2.75, 3.05) is 0 Å². The van der Waals surface area contributed by atoms with Crippen LogP contribution in [0.15, 0.2) is 54.9 Å². The SMILES string of the molecule is Cc1[nH]c(=S)c(C#N)c(-c2cccnc2)c1C(=O)c1ccccc1. The first-order valence-corrected chi connectivity index (χ1v) is 7.71. The van der Waals surface area contributed by atoms with Crippen LogP contribution in [0.3, 0.4) is 0 Å². The molecule has 0 unspecified atom stereocenters. The molecule has 0 atom stereocenters. The molecule has 0 aliphatic heterocycles. The van der Waals surface area contributed by atoms with Gasteiger partial charge in [0.05, 0.1) is 11.1 Å². The fraction of sp³-hybridized carbons (Fsp3) is 0.0526. The highest BCUT2D eigenvalue weighted by atomic mass is 32.1. The number of hydrogen-bond donors (Lipinski definition) is 1. The van der Waals surface area contributed by atoms with Crippen molar-refractivity contribution in [3.05, 3.63) is 81.9 Å². The number of nitrogens with one attached hydrogen (secondary N) is 1. The predicted molar refractivity (Wildman–Crippen MR) is 94.2 cm³/mol. The molecule has 2 heterocycles. The highest BCUT2D eigenvalue weighted by Crippen LogP contribution is 2.30. The average Bonchev–Trinajstić information content (AvgIpc) is 2.62. The predicted octanol–water partition coefficient (Wildman–Crippen LogP) is 4.22. The van der Waals surface area contributed by atoms with Gasteiger partial charge in [0.25, 0.3) is 0 Å². The number of benzene rings is 1. The maximum absolute atomic E-state index is 13.1. The Morgan fingerprint density at radius 1 is 1.21 bits per heavy atom. The van der Waals surface area contributed by atoms with Crippen molar-refractivity contribution in [2.24, 2.45) is 0 Å². The molecule has 5 heteroatoms. The van der Waals surface area contributed by atoms with Crippen LogP contribution < -0.4 is 0 Å². The summed E-state index contributed by atoms with van der Waals surface area (Å²) in [5, 5.41) is 9.56. The Bertz CT molecular complexity index is 1000. The minimum absolute atomic E-state index is 0.158. The molecule has 0 spiro atoms. The third-order valence-electron chi connectivity index (χ3n) is 3.73. The van der Waals surface area contributed by atoms with Crippen LogP contribution in [-0.4, -0.2) is 15.8 Å². The average molecular weight is 331 g/mol. The Morgan fingerprint density at radius 2 is 1.96 bits per heavy atom. The van der Waals surface area contributed by atoms with Gasteiger partial charge in [0, 0.05) is 34.8 Å². The Morgan fingerprint density at radius 3 is 2.58 bits per heavy atom. The number of rotatable bonds is 3. The van der Waals surface area contributed by atoms with Gasteiger partial charge >= 0.3 is 0 Å².